The third-order valence-corrected chi connectivity index (χ3v) is 5.45. The van der Waals surface area contributed by atoms with Crippen LogP contribution in [0.3, 0.4) is 0 Å². The maximum Gasteiger partial charge on any atom is 0.253 e. The summed E-state index contributed by atoms with van der Waals surface area (Å²) in [6.07, 6.45) is 0. The number of hydrogen-bond acceptors (Lipinski definition) is 3. The molecule has 0 spiro atoms. The van der Waals surface area contributed by atoms with Crippen molar-refractivity contribution in [2.75, 3.05) is 4.72 Å². The van der Waals surface area contributed by atoms with Gasteiger partial charge in [0, 0.05) is 6.54 Å². The molecule has 0 saturated carbocycles. The molecule has 1 amide bonds. The number of para-hydroxylation sites is 1. The molecule has 2 N–H and O–H groups in total. The maximum absolute atomic E-state index is 12.6. The average molecular weight is 394 g/mol. The van der Waals surface area contributed by atoms with Gasteiger partial charge in [0.2, 0.25) is 10.0 Å². The Bertz CT molecular complexity index is 1050. The molecule has 0 aliphatic heterocycles. The van der Waals surface area contributed by atoms with Crippen molar-refractivity contribution in [1.29, 1.82) is 0 Å². The van der Waals surface area contributed by atoms with Crippen molar-refractivity contribution in [3.05, 3.63) is 101 Å². The Morgan fingerprint density at radius 3 is 2.18 bits per heavy atom. The average Bonchev–Trinajstić information content (AvgIpc) is 2.68. The first kappa shape index (κ1) is 19.6. The molecule has 144 valence electrons. The molecular formula is C22H22N2O3S. The summed E-state index contributed by atoms with van der Waals surface area (Å²) in [6.45, 7) is 2.37. The van der Waals surface area contributed by atoms with Crippen molar-refractivity contribution < 1.29 is 13.2 Å². The smallest absolute Gasteiger partial charge is 0.253 e. The molecular weight excluding hydrogens is 372 g/mol. The first-order valence-corrected chi connectivity index (χ1v) is 10.6. The van der Waals surface area contributed by atoms with Gasteiger partial charge in [0.05, 0.1) is 17.0 Å². The summed E-state index contributed by atoms with van der Waals surface area (Å²) in [4.78, 5) is 12.6. The van der Waals surface area contributed by atoms with Crippen LogP contribution in [0.15, 0.2) is 78.9 Å². The van der Waals surface area contributed by atoms with Crippen LogP contribution in [0.5, 0.6) is 0 Å². The van der Waals surface area contributed by atoms with Gasteiger partial charge in [-0.1, -0.05) is 72.3 Å². The van der Waals surface area contributed by atoms with E-state index in [9.17, 15) is 13.2 Å². The molecule has 0 aliphatic carbocycles. The van der Waals surface area contributed by atoms with Crippen LogP contribution >= 0.6 is 0 Å². The Balaban J connectivity index is 1.71. The largest absolute Gasteiger partial charge is 0.348 e. The molecule has 0 fully saturated rings. The van der Waals surface area contributed by atoms with E-state index in [1.165, 1.54) is 0 Å². The zero-order chi connectivity index (χ0) is 20.0. The lowest BCUT2D eigenvalue weighted by atomic mass is 10.1. The molecule has 5 nitrogen and oxygen atoms in total. The van der Waals surface area contributed by atoms with Gasteiger partial charge in [-0.3, -0.25) is 9.52 Å². The molecule has 0 saturated heterocycles. The first-order chi connectivity index (χ1) is 13.4. The van der Waals surface area contributed by atoms with E-state index in [4.69, 9.17) is 0 Å². The van der Waals surface area contributed by atoms with Crippen molar-refractivity contribution in [2.45, 2.75) is 19.2 Å². The second-order valence-electron chi connectivity index (χ2n) is 6.56. The van der Waals surface area contributed by atoms with E-state index in [-0.39, 0.29) is 22.9 Å². The van der Waals surface area contributed by atoms with Gasteiger partial charge in [0.1, 0.15) is 0 Å². The summed E-state index contributed by atoms with van der Waals surface area (Å²) >= 11 is 0. The summed E-state index contributed by atoms with van der Waals surface area (Å²) in [6, 6.07) is 23.3. The highest BCUT2D eigenvalue weighted by Crippen LogP contribution is 2.18. The van der Waals surface area contributed by atoms with E-state index in [2.05, 4.69) is 10.0 Å². The molecule has 0 unspecified atom stereocenters. The van der Waals surface area contributed by atoms with Gasteiger partial charge in [-0.05, 0) is 30.2 Å². The lowest BCUT2D eigenvalue weighted by Crippen LogP contribution is -2.25. The third-order valence-electron chi connectivity index (χ3n) is 4.21. The van der Waals surface area contributed by atoms with E-state index in [1.54, 1.807) is 48.5 Å². The number of nitrogens with one attached hydrogen (secondary N) is 2. The Morgan fingerprint density at radius 1 is 0.821 bits per heavy atom. The zero-order valence-corrected chi connectivity index (χ0v) is 16.4. The summed E-state index contributed by atoms with van der Waals surface area (Å²) in [5.41, 5.74) is 3.34. The third kappa shape index (κ3) is 5.44. The quantitative estimate of drug-likeness (QED) is 0.639. The molecule has 3 aromatic rings. The van der Waals surface area contributed by atoms with Gasteiger partial charge in [0.15, 0.2) is 0 Å². The molecule has 3 rings (SSSR count). The van der Waals surface area contributed by atoms with Gasteiger partial charge in [0.25, 0.3) is 5.91 Å². The van der Waals surface area contributed by atoms with E-state index in [1.807, 2.05) is 37.3 Å². The minimum Gasteiger partial charge on any atom is -0.348 e. The minimum atomic E-state index is -3.65. The van der Waals surface area contributed by atoms with Crippen LogP contribution in [-0.2, 0) is 22.3 Å². The van der Waals surface area contributed by atoms with Crippen LogP contribution in [0.4, 0.5) is 5.69 Å². The van der Waals surface area contributed by atoms with Gasteiger partial charge in [-0.25, -0.2) is 8.42 Å². The number of aryl methyl sites for hydroxylation is 1. The SMILES string of the molecule is Cc1ccc(CNC(=O)c2ccccc2NS(=O)(=O)Cc2ccccc2)cc1. The molecule has 0 aromatic heterocycles. The van der Waals surface area contributed by atoms with Crippen LogP contribution in [0.1, 0.15) is 27.0 Å². The van der Waals surface area contributed by atoms with Crippen LogP contribution in [0, 0.1) is 6.92 Å². The van der Waals surface area contributed by atoms with Gasteiger partial charge < -0.3 is 5.32 Å². The van der Waals surface area contributed by atoms with E-state index in [0.29, 0.717) is 12.1 Å². The summed E-state index contributed by atoms with van der Waals surface area (Å²) in [5, 5.41) is 2.84. The van der Waals surface area contributed by atoms with Crippen LogP contribution in [0.2, 0.25) is 0 Å². The zero-order valence-electron chi connectivity index (χ0n) is 15.6. The number of hydrogen-bond donors (Lipinski definition) is 2. The number of rotatable bonds is 7. The fourth-order valence-corrected chi connectivity index (χ4v) is 3.97. The fourth-order valence-electron chi connectivity index (χ4n) is 2.75. The van der Waals surface area contributed by atoms with E-state index in [0.717, 1.165) is 11.1 Å². The molecule has 0 aliphatic rings. The number of sulfonamides is 1. The molecule has 0 heterocycles. The normalized spacial score (nSPS) is 11.0. The predicted molar refractivity (Wildman–Crippen MR) is 111 cm³/mol. The van der Waals surface area contributed by atoms with Gasteiger partial charge in [-0.15, -0.1) is 0 Å². The van der Waals surface area contributed by atoms with E-state index >= 15 is 0 Å². The Hall–Kier alpha value is -3.12. The summed E-state index contributed by atoms with van der Waals surface area (Å²) < 4.78 is 27.6. The van der Waals surface area contributed by atoms with Crippen molar-refractivity contribution in [3.8, 4) is 0 Å². The standard InChI is InChI=1S/C22H22N2O3S/c1-17-11-13-18(14-12-17)15-23-22(25)20-9-5-6-10-21(20)24-28(26,27)16-19-7-3-2-4-8-19/h2-14,24H,15-16H2,1H3,(H,23,25). The lowest BCUT2D eigenvalue weighted by molar-refractivity contribution is 0.0952. The first-order valence-electron chi connectivity index (χ1n) is 8.90. The highest BCUT2D eigenvalue weighted by molar-refractivity contribution is 7.91. The van der Waals surface area contributed by atoms with Crippen molar-refractivity contribution >= 4 is 21.6 Å². The number of carbonyl (C=O) groups is 1. The number of amides is 1. The summed E-state index contributed by atoms with van der Waals surface area (Å²) in [7, 11) is -3.65. The molecule has 28 heavy (non-hydrogen) atoms. The molecule has 3 aromatic carbocycles. The number of anilines is 1. The topological polar surface area (TPSA) is 75.3 Å². The summed E-state index contributed by atoms with van der Waals surface area (Å²) in [5.74, 6) is -0.494. The van der Waals surface area contributed by atoms with Crippen LogP contribution in [0.25, 0.3) is 0 Å². The van der Waals surface area contributed by atoms with Crippen LogP contribution in [-0.4, -0.2) is 14.3 Å². The van der Waals surface area contributed by atoms with Crippen LogP contribution < -0.4 is 10.0 Å². The Labute approximate surface area is 165 Å². The van der Waals surface area contributed by atoms with Gasteiger partial charge >= 0.3 is 0 Å². The van der Waals surface area contributed by atoms with Crippen molar-refractivity contribution in [1.82, 2.24) is 5.32 Å². The molecule has 0 bridgehead atoms. The second-order valence-corrected chi connectivity index (χ2v) is 8.28. The molecule has 0 atom stereocenters. The Morgan fingerprint density at radius 2 is 1.46 bits per heavy atom. The highest BCUT2D eigenvalue weighted by Gasteiger charge is 2.17. The van der Waals surface area contributed by atoms with Crippen molar-refractivity contribution in [2.24, 2.45) is 0 Å². The molecule has 0 radical (unpaired) electrons. The highest BCUT2D eigenvalue weighted by atomic mass is 32.2. The second kappa shape index (κ2) is 8.71. The number of benzene rings is 3. The number of carbonyl (C=O) groups excluding carboxylic acids is 1. The maximum atomic E-state index is 12.6. The monoisotopic (exact) mass is 394 g/mol. The fraction of sp³-hybridized carbons (Fsp3) is 0.136. The van der Waals surface area contributed by atoms with E-state index < -0.39 is 10.0 Å². The van der Waals surface area contributed by atoms with Crippen molar-refractivity contribution in [3.63, 3.8) is 0 Å². The van der Waals surface area contributed by atoms with Gasteiger partial charge in [-0.2, -0.15) is 0 Å². The minimum absolute atomic E-state index is 0.160. The Kier molecular flexibility index (Phi) is 6.11. The lowest BCUT2D eigenvalue weighted by Gasteiger charge is -2.13. The molecule has 6 heteroatoms. The predicted octanol–water partition coefficient (Wildman–Crippen LogP) is 3.87.